The normalized spacial score (nSPS) is 9.60. The molecule has 0 spiro atoms. The van der Waals surface area contributed by atoms with E-state index in [0.717, 1.165) is 0 Å². The molecule has 0 aromatic carbocycles. The van der Waals surface area contributed by atoms with Gasteiger partial charge < -0.3 is 10.2 Å². The predicted molar refractivity (Wildman–Crippen MR) is 48.4 cm³/mol. The number of Topliss-reactive ketones (excluding diaryl/α,β-unsaturated/α-hetero) is 2. The van der Waals surface area contributed by atoms with E-state index in [1.165, 1.54) is 0 Å². The fraction of sp³-hybridized carbons (Fsp3) is 0.556. The average Bonchev–Trinajstić information content (AvgIpc) is 2.00. The molecule has 0 aliphatic heterocycles. The minimum Gasteiger partial charge on any atom is -0.481 e. The van der Waals surface area contributed by atoms with Crippen LogP contribution in [0.4, 0.5) is 0 Å². The lowest BCUT2D eigenvalue weighted by molar-refractivity contribution is -0.141. The minimum absolute atomic E-state index is 0.00232. The van der Waals surface area contributed by atoms with Crippen molar-refractivity contribution in [2.75, 3.05) is 0 Å². The van der Waals surface area contributed by atoms with Crippen molar-refractivity contribution in [2.24, 2.45) is 0 Å². The summed E-state index contributed by atoms with van der Waals surface area (Å²) in [5.74, 6) is -3.30. The maximum Gasteiger partial charge on any atom is 0.310 e. The van der Waals surface area contributed by atoms with Crippen molar-refractivity contribution in [3.8, 4) is 0 Å². The van der Waals surface area contributed by atoms with Gasteiger partial charge >= 0.3 is 11.9 Å². The summed E-state index contributed by atoms with van der Waals surface area (Å²) in [6.07, 6.45) is -0.895. The molecule has 0 heterocycles. The second kappa shape index (κ2) is 6.69. The quantitative estimate of drug-likeness (QED) is 0.562. The van der Waals surface area contributed by atoms with Crippen LogP contribution in [-0.4, -0.2) is 33.7 Å². The molecule has 0 saturated carbocycles. The molecule has 0 aromatic rings. The molecule has 0 saturated heterocycles. The SMILES string of the molecule is O=C(O)CC(=O)CCCC(=O)CC(=O)O. The van der Waals surface area contributed by atoms with Crippen LogP contribution in [0.15, 0.2) is 0 Å². The van der Waals surface area contributed by atoms with Gasteiger partial charge in [0, 0.05) is 12.8 Å². The van der Waals surface area contributed by atoms with Crippen molar-refractivity contribution in [2.45, 2.75) is 32.1 Å². The van der Waals surface area contributed by atoms with E-state index < -0.39 is 36.3 Å². The number of rotatable bonds is 8. The second-order valence-corrected chi connectivity index (χ2v) is 3.07. The van der Waals surface area contributed by atoms with Crippen LogP contribution in [0.2, 0.25) is 0 Å². The van der Waals surface area contributed by atoms with E-state index in [2.05, 4.69) is 0 Å². The van der Waals surface area contributed by atoms with Crippen molar-refractivity contribution >= 4 is 23.5 Å². The average molecular weight is 216 g/mol. The fourth-order valence-electron chi connectivity index (χ4n) is 0.997. The Morgan fingerprint density at radius 1 is 0.733 bits per heavy atom. The number of carbonyl (C=O) groups is 4. The zero-order valence-electron chi connectivity index (χ0n) is 8.06. The van der Waals surface area contributed by atoms with Gasteiger partial charge in [0.2, 0.25) is 0 Å². The van der Waals surface area contributed by atoms with E-state index in [1.807, 2.05) is 0 Å². The molecule has 0 bridgehead atoms. The zero-order valence-corrected chi connectivity index (χ0v) is 8.06. The van der Waals surface area contributed by atoms with Gasteiger partial charge in [0.25, 0.3) is 0 Å². The van der Waals surface area contributed by atoms with Gasteiger partial charge in [-0.1, -0.05) is 0 Å². The molecule has 2 N–H and O–H groups in total. The van der Waals surface area contributed by atoms with Crippen molar-refractivity contribution in [3.63, 3.8) is 0 Å². The summed E-state index contributed by atoms with van der Waals surface area (Å²) in [6, 6.07) is 0. The summed E-state index contributed by atoms with van der Waals surface area (Å²) >= 11 is 0. The van der Waals surface area contributed by atoms with Crippen LogP contribution in [-0.2, 0) is 19.2 Å². The molecular weight excluding hydrogens is 204 g/mol. The molecule has 0 unspecified atom stereocenters. The number of carboxylic acid groups (broad SMARTS) is 2. The molecule has 0 radical (unpaired) electrons. The first-order valence-corrected chi connectivity index (χ1v) is 4.39. The lowest BCUT2D eigenvalue weighted by Gasteiger charge is -1.97. The van der Waals surface area contributed by atoms with E-state index in [0.29, 0.717) is 0 Å². The standard InChI is InChI=1S/C9H12O6/c10-6(4-8(12)13)2-1-3-7(11)5-9(14)15/h1-5H2,(H,12,13)(H,14,15). The third-order valence-electron chi connectivity index (χ3n) is 1.61. The van der Waals surface area contributed by atoms with Crippen LogP contribution in [0.25, 0.3) is 0 Å². The predicted octanol–water partition coefficient (Wildman–Crippen LogP) is 0.244. The molecule has 6 heteroatoms. The number of carbonyl (C=O) groups excluding carboxylic acids is 2. The molecule has 84 valence electrons. The van der Waals surface area contributed by atoms with Crippen molar-refractivity contribution in [1.29, 1.82) is 0 Å². The van der Waals surface area contributed by atoms with Crippen LogP contribution >= 0.6 is 0 Å². The minimum atomic E-state index is -1.20. The maximum atomic E-state index is 10.8. The van der Waals surface area contributed by atoms with Gasteiger partial charge in [0.1, 0.15) is 24.4 Å². The molecular formula is C9H12O6. The number of ketones is 2. The van der Waals surface area contributed by atoms with Gasteiger partial charge in [-0.15, -0.1) is 0 Å². The Bertz CT molecular complexity index is 252. The lowest BCUT2D eigenvalue weighted by Crippen LogP contribution is -2.09. The zero-order chi connectivity index (χ0) is 11.8. The van der Waals surface area contributed by atoms with E-state index in [1.54, 1.807) is 0 Å². The first kappa shape index (κ1) is 13.3. The summed E-state index contributed by atoms with van der Waals surface area (Å²) < 4.78 is 0. The Kier molecular flexibility index (Phi) is 5.92. The van der Waals surface area contributed by atoms with Crippen LogP contribution in [0.5, 0.6) is 0 Å². The third kappa shape index (κ3) is 8.61. The van der Waals surface area contributed by atoms with Gasteiger partial charge in [0.05, 0.1) is 0 Å². The highest BCUT2D eigenvalue weighted by atomic mass is 16.4. The van der Waals surface area contributed by atoms with Gasteiger partial charge in [-0.2, -0.15) is 0 Å². The number of carboxylic acids is 2. The summed E-state index contributed by atoms with van der Waals surface area (Å²) in [6.45, 7) is 0. The largest absolute Gasteiger partial charge is 0.481 e. The monoisotopic (exact) mass is 216 g/mol. The highest BCUT2D eigenvalue weighted by Crippen LogP contribution is 2.02. The van der Waals surface area contributed by atoms with Gasteiger partial charge in [-0.25, -0.2) is 0 Å². The first-order valence-electron chi connectivity index (χ1n) is 4.39. The second-order valence-electron chi connectivity index (χ2n) is 3.07. The number of aliphatic carboxylic acids is 2. The Morgan fingerprint density at radius 2 is 1.07 bits per heavy atom. The lowest BCUT2D eigenvalue weighted by atomic mass is 10.1. The Morgan fingerprint density at radius 3 is 1.33 bits per heavy atom. The van der Waals surface area contributed by atoms with Crippen LogP contribution in [0, 0.1) is 0 Å². The highest BCUT2D eigenvalue weighted by Gasteiger charge is 2.10. The Hall–Kier alpha value is -1.72. The molecule has 0 aromatic heterocycles. The summed E-state index contributed by atoms with van der Waals surface area (Å²) in [4.78, 5) is 41.9. The van der Waals surface area contributed by atoms with Crippen LogP contribution in [0.1, 0.15) is 32.1 Å². The Labute approximate surface area is 85.9 Å². The van der Waals surface area contributed by atoms with Crippen LogP contribution in [0.3, 0.4) is 0 Å². The molecule has 0 fully saturated rings. The highest BCUT2D eigenvalue weighted by molar-refractivity contribution is 5.96. The van der Waals surface area contributed by atoms with E-state index in [-0.39, 0.29) is 19.3 Å². The van der Waals surface area contributed by atoms with Crippen LogP contribution < -0.4 is 0 Å². The topological polar surface area (TPSA) is 109 Å². The van der Waals surface area contributed by atoms with E-state index in [9.17, 15) is 19.2 Å². The number of hydrogen-bond donors (Lipinski definition) is 2. The molecule has 0 aliphatic carbocycles. The van der Waals surface area contributed by atoms with Crippen molar-refractivity contribution < 1.29 is 29.4 Å². The summed E-state index contributed by atoms with van der Waals surface area (Å²) in [7, 11) is 0. The maximum absolute atomic E-state index is 10.8. The summed E-state index contributed by atoms with van der Waals surface area (Å²) in [5.41, 5.74) is 0. The van der Waals surface area contributed by atoms with Crippen molar-refractivity contribution in [3.05, 3.63) is 0 Å². The summed E-state index contributed by atoms with van der Waals surface area (Å²) in [5, 5.41) is 16.5. The van der Waals surface area contributed by atoms with E-state index in [4.69, 9.17) is 10.2 Å². The molecule has 0 atom stereocenters. The number of hydrogen-bond acceptors (Lipinski definition) is 4. The third-order valence-corrected chi connectivity index (χ3v) is 1.61. The van der Waals surface area contributed by atoms with Gasteiger partial charge in [-0.05, 0) is 6.42 Å². The molecule has 0 rings (SSSR count). The molecule has 0 aliphatic rings. The first-order chi connectivity index (χ1) is 6.91. The molecule has 0 amide bonds. The van der Waals surface area contributed by atoms with Gasteiger partial charge in [0.15, 0.2) is 0 Å². The Balaban J connectivity index is 3.61. The fourth-order valence-corrected chi connectivity index (χ4v) is 0.997. The smallest absolute Gasteiger partial charge is 0.310 e. The molecule has 15 heavy (non-hydrogen) atoms. The van der Waals surface area contributed by atoms with E-state index >= 15 is 0 Å². The molecule has 6 nitrogen and oxygen atoms in total. The van der Waals surface area contributed by atoms with Gasteiger partial charge in [-0.3, -0.25) is 19.2 Å². The van der Waals surface area contributed by atoms with Crippen molar-refractivity contribution in [1.82, 2.24) is 0 Å².